The lowest BCUT2D eigenvalue weighted by Gasteiger charge is -2.08. The predicted molar refractivity (Wildman–Crippen MR) is 133 cm³/mol. The molecule has 172 valence electrons. The van der Waals surface area contributed by atoms with Gasteiger partial charge in [-0.15, -0.1) is 0 Å². The first kappa shape index (κ1) is 22.2. The van der Waals surface area contributed by atoms with Gasteiger partial charge in [0.2, 0.25) is 0 Å². The third-order valence-electron chi connectivity index (χ3n) is 6.03. The molecule has 0 aliphatic rings. The summed E-state index contributed by atoms with van der Waals surface area (Å²) < 4.78 is 13.2. The van der Waals surface area contributed by atoms with Gasteiger partial charge in [-0.1, -0.05) is 42.8 Å². The zero-order chi connectivity index (χ0) is 24.0. The number of aromatic nitrogens is 3. The monoisotopic (exact) mass is 473 g/mol. The number of methoxy groups -OCH3 is 1. The van der Waals surface area contributed by atoms with Crippen molar-refractivity contribution in [2.45, 2.75) is 33.7 Å². The summed E-state index contributed by atoms with van der Waals surface area (Å²) in [6.45, 7) is 6.78. The minimum absolute atomic E-state index is 0.403. The van der Waals surface area contributed by atoms with Gasteiger partial charge in [0.25, 0.3) is 0 Å². The van der Waals surface area contributed by atoms with Crippen LogP contribution in [-0.2, 0) is 17.7 Å². The van der Waals surface area contributed by atoms with Crippen molar-refractivity contribution >= 4 is 39.7 Å². The molecule has 3 aromatic heterocycles. The van der Waals surface area contributed by atoms with E-state index in [2.05, 4.69) is 24.5 Å². The van der Waals surface area contributed by atoms with Crippen molar-refractivity contribution in [2.75, 3.05) is 7.11 Å². The molecule has 0 fully saturated rings. The number of aryl methyl sites for hydroxylation is 3. The van der Waals surface area contributed by atoms with Gasteiger partial charge in [-0.2, -0.15) is 0 Å². The van der Waals surface area contributed by atoms with Gasteiger partial charge in [0.05, 0.1) is 24.2 Å². The standard InChI is InChI=1S/C27H24ClN3O3/c1-5-22-30-24-15(2)12-16(3)29-26(24)31(22)14-17-10-11-21-20(13-17)23(28)25(34-21)18-8-6-7-9-19(18)27(32)33-4/h6-13H,5,14H2,1-4H3. The molecule has 6 nitrogen and oxygen atoms in total. The van der Waals surface area contributed by atoms with Crippen LogP contribution >= 0.6 is 11.6 Å². The molecule has 0 aliphatic heterocycles. The van der Waals surface area contributed by atoms with E-state index in [9.17, 15) is 4.79 Å². The van der Waals surface area contributed by atoms with Crippen LogP contribution in [0, 0.1) is 13.8 Å². The number of halogens is 1. The molecule has 2 aromatic carbocycles. The van der Waals surface area contributed by atoms with Crippen LogP contribution in [0.2, 0.25) is 5.02 Å². The summed E-state index contributed by atoms with van der Waals surface area (Å²) in [6.07, 6.45) is 0.804. The van der Waals surface area contributed by atoms with Gasteiger partial charge in [-0.25, -0.2) is 14.8 Å². The van der Waals surface area contributed by atoms with Crippen LogP contribution in [0.25, 0.3) is 33.5 Å². The molecule has 0 bridgehead atoms. The average Bonchev–Trinajstić information content (AvgIpc) is 3.36. The summed E-state index contributed by atoms with van der Waals surface area (Å²) in [4.78, 5) is 21.9. The Bertz CT molecular complexity index is 1560. The number of pyridine rings is 1. The van der Waals surface area contributed by atoms with E-state index in [4.69, 9.17) is 30.7 Å². The summed E-state index contributed by atoms with van der Waals surface area (Å²) in [7, 11) is 1.36. The Labute approximate surface area is 202 Å². The number of hydrogen-bond acceptors (Lipinski definition) is 5. The molecule has 7 heteroatoms. The van der Waals surface area contributed by atoms with E-state index in [0.29, 0.717) is 34.0 Å². The molecule has 0 atom stereocenters. The molecule has 3 heterocycles. The zero-order valence-corrected chi connectivity index (χ0v) is 20.2. The Morgan fingerprint density at radius 3 is 2.68 bits per heavy atom. The molecular formula is C27H24ClN3O3. The fourth-order valence-electron chi connectivity index (χ4n) is 4.42. The highest BCUT2D eigenvalue weighted by molar-refractivity contribution is 6.38. The number of ether oxygens (including phenoxy) is 1. The molecule has 34 heavy (non-hydrogen) atoms. The number of imidazole rings is 1. The molecule has 0 radical (unpaired) electrons. The Morgan fingerprint density at radius 2 is 1.91 bits per heavy atom. The van der Waals surface area contributed by atoms with E-state index in [1.54, 1.807) is 18.2 Å². The third-order valence-corrected chi connectivity index (χ3v) is 6.40. The SMILES string of the molecule is CCc1nc2c(C)cc(C)nc2n1Cc1ccc2oc(-c3ccccc3C(=O)OC)c(Cl)c2c1. The van der Waals surface area contributed by atoms with E-state index >= 15 is 0 Å². The number of carbonyl (C=O) groups excluding carboxylic acids is 1. The Kier molecular flexibility index (Phi) is 5.62. The second-order valence-corrected chi connectivity index (χ2v) is 8.71. The lowest BCUT2D eigenvalue weighted by Crippen LogP contribution is -2.05. The quantitative estimate of drug-likeness (QED) is 0.272. The van der Waals surface area contributed by atoms with Crippen LogP contribution in [-0.4, -0.2) is 27.6 Å². The lowest BCUT2D eigenvalue weighted by molar-refractivity contribution is 0.0601. The van der Waals surface area contributed by atoms with E-state index in [-0.39, 0.29) is 0 Å². The van der Waals surface area contributed by atoms with Gasteiger partial charge in [-0.3, -0.25) is 0 Å². The highest BCUT2D eigenvalue weighted by Crippen LogP contribution is 2.39. The number of esters is 1. The maximum absolute atomic E-state index is 12.3. The molecule has 0 aliphatic carbocycles. The number of benzene rings is 2. The first-order chi connectivity index (χ1) is 16.4. The summed E-state index contributed by atoms with van der Waals surface area (Å²) in [5, 5.41) is 1.25. The summed E-state index contributed by atoms with van der Waals surface area (Å²) in [5.41, 5.74) is 6.63. The summed E-state index contributed by atoms with van der Waals surface area (Å²) in [6, 6.07) is 15.1. The molecular weight excluding hydrogens is 450 g/mol. The Balaban J connectivity index is 1.60. The molecule has 0 unspecified atom stereocenters. The minimum Gasteiger partial charge on any atom is -0.465 e. The second kappa shape index (κ2) is 8.61. The van der Waals surface area contributed by atoms with E-state index < -0.39 is 5.97 Å². The number of carbonyl (C=O) groups is 1. The van der Waals surface area contributed by atoms with E-state index in [1.807, 2.05) is 31.2 Å². The average molecular weight is 474 g/mol. The minimum atomic E-state index is -0.440. The highest BCUT2D eigenvalue weighted by atomic mass is 35.5. The number of hydrogen-bond donors (Lipinski definition) is 0. The Morgan fingerprint density at radius 1 is 1.12 bits per heavy atom. The summed E-state index contributed by atoms with van der Waals surface area (Å²) in [5.74, 6) is 0.998. The first-order valence-electron chi connectivity index (χ1n) is 11.1. The van der Waals surface area contributed by atoms with Crippen LogP contribution in [0.3, 0.4) is 0 Å². The van der Waals surface area contributed by atoms with E-state index in [0.717, 1.165) is 45.6 Å². The number of rotatable bonds is 5. The predicted octanol–water partition coefficient (Wildman–Crippen LogP) is 6.51. The van der Waals surface area contributed by atoms with Crippen LogP contribution in [0.4, 0.5) is 0 Å². The highest BCUT2D eigenvalue weighted by Gasteiger charge is 2.21. The van der Waals surface area contributed by atoms with Gasteiger partial charge in [0.1, 0.15) is 16.9 Å². The van der Waals surface area contributed by atoms with Crippen molar-refractivity contribution in [3.8, 4) is 11.3 Å². The van der Waals surface area contributed by atoms with Gasteiger partial charge in [0, 0.05) is 23.1 Å². The molecule has 0 amide bonds. The molecule has 0 N–H and O–H groups in total. The van der Waals surface area contributed by atoms with Crippen molar-refractivity contribution in [1.82, 2.24) is 14.5 Å². The lowest BCUT2D eigenvalue weighted by atomic mass is 10.0. The zero-order valence-electron chi connectivity index (χ0n) is 19.5. The molecule has 0 saturated carbocycles. The summed E-state index contributed by atoms with van der Waals surface area (Å²) >= 11 is 6.78. The maximum Gasteiger partial charge on any atom is 0.338 e. The van der Waals surface area contributed by atoms with Gasteiger partial charge in [-0.05, 0) is 49.2 Å². The number of fused-ring (bicyclic) bond motifs is 2. The molecule has 0 spiro atoms. The van der Waals surface area contributed by atoms with Gasteiger partial charge in [0.15, 0.2) is 11.4 Å². The fourth-order valence-corrected chi connectivity index (χ4v) is 4.71. The largest absolute Gasteiger partial charge is 0.465 e. The maximum atomic E-state index is 12.3. The fraction of sp³-hybridized carbons (Fsp3) is 0.222. The van der Waals surface area contributed by atoms with E-state index in [1.165, 1.54) is 7.11 Å². The normalized spacial score (nSPS) is 11.4. The topological polar surface area (TPSA) is 70.2 Å². The van der Waals surface area contributed by atoms with Crippen molar-refractivity contribution in [3.63, 3.8) is 0 Å². The van der Waals surface area contributed by atoms with Crippen molar-refractivity contribution in [2.24, 2.45) is 0 Å². The molecule has 0 saturated heterocycles. The van der Waals surface area contributed by atoms with Crippen LogP contribution in [0.5, 0.6) is 0 Å². The van der Waals surface area contributed by atoms with Gasteiger partial charge >= 0.3 is 5.97 Å². The third kappa shape index (κ3) is 3.64. The van der Waals surface area contributed by atoms with Crippen LogP contribution < -0.4 is 0 Å². The van der Waals surface area contributed by atoms with Crippen molar-refractivity contribution in [3.05, 3.63) is 81.8 Å². The van der Waals surface area contributed by atoms with Crippen molar-refractivity contribution in [1.29, 1.82) is 0 Å². The number of furan rings is 1. The smallest absolute Gasteiger partial charge is 0.338 e. The number of nitrogens with zero attached hydrogens (tertiary/aromatic N) is 3. The Hall–Kier alpha value is -3.64. The molecule has 5 rings (SSSR count). The van der Waals surface area contributed by atoms with Crippen LogP contribution in [0.1, 0.15) is 39.9 Å². The first-order valence-corrected chi connectivity index (χ1v) is 11.5. The van der Waals surface area contributed by atoms with Gasteiger partial charge < -0.3 is 13.7 Å². The van der Waals surface area contributed by atoms with Crippen LogP contribution in [0.15, 0.2) is 52.9 Å². The van der Waals surface area contributed by atoms with Crippen molar-refractivity contribution < 1.29 is 13.9 Å². The molecule has 5 aromatic rings. The second-order valence-electron chi connectivity index (χ2n) is 8.33.